The Kier molecular flexibility index (Phi) is 10.5. The van der Waals surface area contributed by atoms with Crippen LogP contribution in [0.25, 0.3) is 82.1 Å². The minimum Gasteiger partial charge on any atom is -0.309 e. The molecule has 0 aliphatic heterocycles. The Hall–Kier alpha value is -7.16. The van der Waals surface area contributed by atoms with E-state index < -0.39 is 0 Å². The number of hydrogen-bond donors (Lipinski definition) is 0. The summed E-state index contributed by atoms with van der Waals surface area (Å²) in [6, 6.07) is 69.4. The largest absolute Gasteiger partial charge is 0.309 e. The molecule has 0 aliphatic rings. The third-order valence-electron chi connectivity index (χ3n) is 14.9. The van der Waals surface area contributed by atoms with Crippen LogP contribution in [0.15, 0.2) is 182 Å². The van der Waals surface area contributed by atoms with Gasteiger partial charge in [-0.2, -0.15) is 0 Å². The number of nitrogens with zero attached hydrogens (tertiary/aromatic N) is 2. The van der Waals surface area contributed by atoms with Crippen LogP contribution in [0.2, 0.25) is 0 Å². The van der Waals surface area contributed by atoms with Gasteiger partial charge >= 0.3 is 0 Å². The highest BCUT2D eigenvalue weighted by Gasteiger charge is 2.27. The molecule has 0 bridgehead atoms. The van der Waals surface area contributed by atoms with Crippen LogP contribution in [-0.4, -0.2) is 4.57 Å². The van der Waals surface area contributed by atoms with Crippen molar-refractivity contribution in [3.63, 3.8) is 0 Å². The molecule has 0 aliphatic carbocycles. The predicted molar refractivity (Wildman–Crippen MR) is 305 cm³/mol. The lowest BCUT2D eigenvalue weighted by Crippen LogP contribution is -2.17. The number of benzene rings is 10. The molecule has 0 atom stereocenters. The monoisotopic (exact) mass is 911 g/mol. The summed E-state index contributed by atoms with van der Waals surface area (Å²) in [5.41, 5.74) is 17.3. The normalized spacial score (nSPS) is 12.9. The minimum atomic E-state index is -0.0243. The average Bonchev–Trinajstić information content (AvgIpc) is 3.66. The zero-order valence-corrected chi connectivity index (χ0v) is 43.2. The van der Waals surface area contributed by atoms with E-state index in [9.17, 15) is 0 Å². The number of para-hydroxylation sites is 1. The van der Waals surface area contributed by atoms with Crippen LogP contribution in [0.4, 0.5) is 17.1 Å². The summed E-state index contributed by atoms with van der Waals surface area (Å²) in [7, 11) is 0. The molecule has 348 valence electrons. The number of hydrogen-bond acceptors (Lipinski definition) is 1. The van der Waals surface area contributed by atoms with Gasteiger partial charge in [-0.15, -0.1) is 0 Å². The maximum Gasteiger partial charge on any atom is 0.0541 e. The van der Waals surface area contributed by atoms with E-state index in [0.717, 1.165) is 17.1 Å². The van der Waals surface area contributed by atoms with Crippen LogP contribution in [0.5, 0.6) is 0 Å². The lowest BCUT2D eigenvalue weighted by molar-refractivity contribution is 0.569. The third-order valence-corrected chi connectivity index (χ3v) is 14.9. The highest BCUT2D eigenvalue weighted by atomic mass is 15.1. The van der Waals surface area contributed by atoms with Crippen LogP contribution in [0.1, 0.15) is 105 Å². The van der Waals surface area contributed by atoms with E-state index >= 15 is 0 Å². The molecule has 0 amide bonds. The van der Waals surface area contributed by atoms with E-state index in [2.05, 4.69) is 275 Å². The first-order valence-electron chi connectivity index (χ1n) is 25.3. The van der Waals surface area contributed by atoms with Crippen molar-refractivity contribution in [3.05, 3.63) is 204 Å². The first-order valence-corrected chi connectivity index (χ1v) is 25.3. The summed E-state index contributed by atoms with van der Waals surface area (Å²) in [5, 5.41) is 10.1. The fourth-order valence-corrected chi connectivity index (χ4v) is 10.8. The van der Waals surface area contributed by atoms with Gasteiger partial charge in [0.2, 0.25) is 0 Å². The third kappa shape index (κ3) is 7.73. The molecule has 0 N–H and O–H groups in total. The zero-order valence-electron chi connectivity index (χ0n) is 43.2. The smallest absolute Gasteiger partial charge is 0.0541 e. The minimum absolute atomic E-state index is 0.0243. The standard InChI is InChI=1S/C68H66N2/c1-65(2,3)48-29-35-61-56(41-48)57-42-49(66(4,5)6)30-36-62(57)70(61)60-34-28-45-25-31-54-59(33-27-44-26-32-55(60)64(45)63(44)54)69(52-22-18-21-46(39-52)43-19-14-13-15-20-43)58-24-17-16-23-53(58)47-37-50(67(7,8)9)40-51(38-47)68(10,11)12/h13-42H,1-12H3. The Morgan fingerprint density at radius 3 is 1.44 bits per heavy atom. The Balaban J connectivity index is 1.19. The van der Waals surface area contributed by atoms with E-state index in [-0.39, 0.29) is 21.7 Å². The molecule has 70 heavy (non-hydrogen) atoms. The van der Waals surface area contributed by atoms with E-state index in [1.165, 1.54) is 104 Å². The molecule has 10 aromatic carbocycles. The molecule has 2 heteroatoms. The highest BCUT2D eigenvalue weighted by molar-refractivity contribution is 6.27. The van der Waals surface area contributed by atoms with Gasteiger partial charge in [-0.05, 0) is 137 Å². The van der Waals surface area contributed by atoms with Crippen LogP contribution in [-0.2, 0) is 21.7 Å². The van der Waals surface area contributed by atoms with Gasteiger partial charge in [0.05, 0.1) is 28.1 Å². The van der Waals surface area contributed by atoms with E-state index in [4.69, 9.17) is 0 Å². The van der Waals surface area contributed by atoms with Crippen molar-refractivity contribution in [2.45, 2.75) is 105 Å². The van der Waals surface area contributed by atoms with Crippen LogP contribution in [0, 0.1) is 0 Å². The van der Waals surface area contributed by atoms with Crippen LogP contribution < -0.4 is 4.90 Å². The molecule has 0 unspecified atom stereocenters. The van der Waals surface area contributed by atoms with Crippen molar-refractivity contribution in [1.29, 1.82) is 0 Å². The maximum atomic E-state index is 2.53. The van der Waals surface area contributed by atoms with Gasteiger partial charge in [-0.3, -0.25) is 0 Å². The van der Waals surface area contributed by atoms with E-state index in [1.807, 2.05) is 0 Å². The molecule has 0 saturated heterocycles. The molecule has 0 radical (unpaired) electrons. The second-order valence-electron chi connectivity index (χ2n) is 24.0. The molecule has 1 heterocycles. The molecular formula is C68H66N2. The lowest BCUT2D eigenvalue weighted by atomic mass is 9.78. The molecule has 11 aromatic rings. The zero-order chi connectivity index (χ0) is 49.1. The molecule has 11 rings (SSSR count). The van der Waals surface area contributed by atoms with Gasteiger partial charge in [0.25, 0.3) is 0 Å². The molecule has 1 aromatic heterocycles. The second kappa shape index (κ2) is 16.2. The van der Waals surface area contributed by atoms with Gasteiger partial charge in [-0.1, -0.05) is 210 Å². The van der Waals surface area contributed by atoms with Crippen molar-refractivity contribution in [3.8, 4) is 27.9 Å². The van der Waals surface area contributed by atoms with Crippen LogP contribution >= 0.6 is 0 Å². The molecule has 0 fully saturated rings. The second-order valence-corrected chi connectivity index (χ2v) is 24.0. The number of anilines is 3. The van der Waals surface area contributed by atoms with Gasteiger partial charge < -0.3 is 9.47 Å². The number of rotatable bonds is 6. The van der Waals surface area contributed by atoms with Crippen molar-refractivity contribution < 1.29 is 0 Å². The Labute approximate surface area is 415 Å². The average molecular weight is 911 g/mol. The summed E-state index contributed by atoms with van der Waals surface area (Å²) < 4.78 is 2.53. The Bertz CT molecular complexity index is 3690. The van der Waals surface area contributed by atoms with Crippen molar-refractivity contribution >= 4 is 71.2 Å². The summed E-state index contributed by atoms with van der Waals surface area (Å²) in [6.45, 7) is 27.9. The Morgan fingerprint density at radius 2 is 0.843 bits per heavy atom. The summed E-state index contributed by atoms with van der Waals surface area (Å²) in [5.74, 6) is 0. The fourth-order valence-electron chi connectivity index (χ4n) is 10.8. The lowest BCUT2D eigenvalue weighted by Gasteiger charge is -2.31. The molecule has 0 saturated carbocycles. The fraction of sp³-hybridized carbons (Fsp3) is 0.235. The number of aromatic nitrogens is 1. The van der Waals surface area contributed by atoms with Gasteiger partial charge in [0, 0.05) is 32.8 Å². The van der Waals surface area contributed by atoms with Crippen molar-refractivity contribution in [2.75, 3.05) is 4.90 Å². The van der Waals surface area contributed by atoms with Gasteiger partial charge in [0.1, 0.15) is 0 Å². The molecule has 2 nitrogen and oxygen atoms in total. The number of fused-ring (bicyclic) bond motifs is 3. The molecule has 0 spiro atoms. The van der Waals surface area contributed by atoms with Crippen molar-refractivity contribution in [2.24, 2.45) is 0 Å². The Morgan fingerprint density at radius 1 is 0.329 bits per heavy atom. The van der Waals surface area contributed by atoms with Gasteiger partial charge in [-0.25, -0.2) is 0 Å². The van der Waals surface area contributed by atoms with Gasteiger partial charge in [0.15, 0.2) is 0 Å². The maximum absolute atomic E-state index is 2.53. The van der Waals surface area contributed by atoms with E-state index in [0.29, 0.717) is 0 Å². The SMILES string of the molecule is CC(C)(C)c1cc(-c2ccccc2N(c2cccc(-c3ccccc3)c2)c2ccc3ccc4c(-n5c6ccc(C(C)(C)C)cc6c6cc(C(C)(C)C)ccc65)ccc5ccc2c3c54)cc(C(C)(C)C)c1. The highest BCUT2D eigenvalue weighted by Crippen LogP contribution is 2.49. The van der Waals surface area contributed by atoms with Crippen LogP contribution in [0.3, 0.4) is 0 Å². The summed E-state index contributed by atoms with van der Waals surface area (Å²) in [6.07, 6.45) is 0. The van der Waals surface area contributed by atoms with E-state index in [1.54, 1.807) is 0 Å². The summed E-state index contributed by atoms with van der Waals surface area (Å²) in [4.78, 5) is 2.53. The molecular weight excluding hydrogens is 845 g/mol. The summed E-state index contributed by atoms with van der Waals surface area (Å²) >= 11 is 0. The first kappa shape index (κ1) is 45.3. The quantitative estimate of drug-likeness (QED) is 0.151. The predicted octanol–water partition coefficient (Wildman–Crippen LogP) is 19.7. The van der Waals surface area contributed by atoms with Crippen molar-refractivity contribution in [1.82, 2.24) is 4.57 Å². The topological polar surface area (TPSA) is 8.17 Å². The first-order chi connectivity index (χ1) is 33.2.